The van der Waals surface area contributed by atoms with Gasteiger partial charge in [0.25, 0.3) is 0 Å². The van der Waals surface area contributed by atoms with E-state index in [9.17, 15) is 5.11 Å². The third-order valence-electron chi connectivity index (χ3n) is 5.29. The van der Waals surface area contributed by atoms with Crippen LogP contribution in [0, 0.1) is 11.8 Å². The molecule has 0 fully saturated rings. The number of hydrogen-bond acceptors (Lipinski definition) is 4. The number of aliphatic hydroxyl groups is 1. The van der Waals surface area contributed by atoms with Crippen LogP contribution >= 0.6 is 0 Å². The van der Waals surface area contributed by atoms with Crippen molar-refractivity contribution in [1.82, 2.24) is 0 Å². The zero-order chi connectivity index (χ0) is 21.9. The first kappa shape index (κ1) is 25.5. The van der Waals surface area contributed by atoms with Crippen LogP contribution in [-0.2, 0) is 15.8 Å². The minimum atomic E-state index is -1.93. The van der Waals surface area contributed by atoms with Crippen molar-refractivity contribution in [2.24, 2.45) is 0 Å². The Morgan fingerprint density at radius 2 is 1.79 bits per heavy atom. The summed E-state index contributed by atoms with van der Waals surface area (Å²) in [6.07, 6.45) is 3.18. The van der Waals surface area contributed by atoms with Gasteiger partial charge < -0.3 is 19.0 Å². The fraction of sp³-hybridized carbons (Fsp3) is 0.583. The van der Waals surface area contributed by atoms with Crippen LogP contribution < -0.4 is 4.74 Å². The lowest BCUT2D eigenvalue weighted by Crippen LogP contribution is -2.43. The van der Waals surface area contributed by atoms with Crippen molar-refractivity contribution in [2.75, 3.05) is 13.7 Å². The molecule has 0 aliphatic heterocycles. The molecule has 2 atom stereocenters. The fourth-order valence-corrected chi connectivity index (χ4v) is 3.62. The molecule has 4 nitrogen and oxygen atoms in total. The van der Waals surface area contributed by atoms with Crippen molar-refractivity contribution in [2.45, 2.75) is 77.0 Å². The molecule has 0 bridgehead atoms. The van der Waals surface area contributed by atoms with Crippen LogP contribution in [0.15, 0.2) is 36.9 Å². The molecule has 0 aromatic heterocycles. The fourth-order valence-electron chi connectivity index (χ4n) is 2.38. The van der Waals surface area contributed by atoms with Crippen LogP contribution in [0.25, 0.3) is 0 Å². The number of aliphatic hydroxyl groups excluding tert-OH is 1. The zero-order valence-corrected chi connectivity index (χ0v) is 20.0. The molecule has 1 N–H and O–H groups in total. The molecule has 0 aliphatic rings. The quantitative estimate of drug-likeness (QED) is 0.229. The second-order valence-electron chi connectivity index (χ2n) is 8.73. The highest BCUT2D eigenvalue weighted by Gasteiger charge is 2.38. The summed E-state index contributed by atoms with van der Waals surface area (Å²) >= 11 is 0. The zero-order valence-electron chi connectivity index (χ0n) is 19.0. The lowest BCUT2D eigenvalue weighted by atomic mass is 10.1. The monoisotopic (exact) mass is 418 g/mol. The maximum Gasteiger partial charge on any atom is 0.193 e. The number of benzene rings is 1. The lowest BCUT2D eigenvalue weighted by molar-refractivity contribution is 0.114. The average Bonchev–Trinajstić information content (AvgIpc) is 2.67. The molecule has 1 aromatic rings. The van der Waals surface area contributed by atoms with Gasteiger partial charge in [-0.15, -0.1) is 0 Å². The van der Waals surface area contributed by atoms with Gasteiger partial charge in [0.05, 0.1) is 13.7 Å². The van der Waals surface area contributed by atoms with Crippen molar-refractivity contribution in [3.8, 4) is 17.6 Å². The summed E-state index contributed by atoms with van der Waals surface area (Å²) in [6, 6.07) is 7.92. The van der Waals surface area contributed by atoms with E-state index in [0.717, 1.165) is 30.6 Å². The van der Waals surface area contributed by atoms with E-state index in [-0.39, 0.29) is 11.1 Å². The number of methoxy groups -OCH3 is 1. The minimum Gasteiger partial charge on any atom is -0.497 e. The molecule has 1 rings (SSSR count). The Balaban J connectivity index is 2.47. The second kappa shape index (κ2) is 12.2. The van der Waals surface area contributed by atoms with Crippen LogP contribution in [-0.4, -0.2) is 39.3 Å². The highest BCUT2D eigenvalue weighted by molar-refractivity contribution is 6.74. The Bertz CT molecular complexity index is 665. The predicted octanol–water partition coefficient (Wildman–Crippen LogP) is 5.32. The summed E-state index contributed by atoms with van der Waals surface area (Å²) in [5.41, 5.74) is 1.13. The van der Waals surface area contributed by atoms with Gasteiger partial charge in [0.2, 0.25) is 0 Å². The first-order chi connectivity index (χ1) is 13.6. The Kier molecular flexibility index (Phi) is 10.7. The van der Waals surface area contributed by atoms with Crippen LogP contribution in [0.3, 0.4) is 0 Å². The molecule has 0 amide bonds. The van der Waals surface area contributed by atoms with Crippen LogP contribution in [0.1, 0.15) is 45.6 Å². The number of hydrogen-bond donors (Lipinski definition) is 1. The summed E-state index contributed by atoms with van der Waals surface area (Å²) in [4.78, 5) is 0. The summed E-state index contributed by atoms with van der Waals surface area (Å²) in [7, 11) is -0.266. The highest BCUT2D eigenvalue weighted by Crippen LogP contribution is 2.37. The molecule has 0 radical (unpaired) electrons. The summed E-state index contributed by atoms with van der Waals surface area (Å²) in [5.74, 6) is 6.80. The van der Waals surface area contributed by atoms with E-state index in [0.29, 0.717) is 13.2 Å². The predicted molar refractivity (Wildman–Crippen MR) is 123 cm³/mol. The molecule has 0 aliphatic carbocycles. The minimum absolute atomic E-state index is 0.117. The molecule has 29 heavy (non-hydrogen) atoms. The van der Waals surface area contributed by atoms with Crippen LogP contribution in [0.2, 0.25) is 18.1 Å². The Morgan fingerprint density at radius 1 is 1.14 bits per heavy atom. The Labute approximate surface area is 178 Å². The molecule has 5 heteroatoms. The van der Waals surface area contributed by atoms with Gasteiger partial charge in [0.1, 0.15) is 18.0 Å². The standard InChI is InChI=1S/C24H38O4Si/c1-8-21(25)14-17-23(28-29(6,7)24(2,3)4)11-9-10-18-27-19-20-12-15-22(26-5)16-13-20/h8,12-13,15-16,21,23,25H,1,9-11,18-19H2,2-7H3/t21?,23-/m1/s1. The molecule has 0 spiro atoms. The molecule has 1 aromatic carbocycles. The SMILES string of the molecule is C=CC(O)C#C[C@@H](CCCCOCc1ccc(OC)cc1)O[Si](C)(C)C(C)(C)C. The third kappa shape index (κ3) is 9.64. The van der Waals surface area contributed by atoms with Gasteiger partial charge in [0.15, 0.2) is 8.32 Å². The van der Waals surface area contributed by atoms with E-state index >= 15 is 0 Å². The molecule has 162 valence electrons. The molecule has 0 saturated heterocycles. The van der Waals surface area contributed by atoms with Gasteiger partial charge >= 0.3 is 0 Å². The van der Waals surface area contributed by atoms with Gasteiger partial charge in [-0.25, -0.2) is 0 Å². The summed E-state index contributed by atoms with van der Waals surface area (Å²) in [6.45, 7) is 16.0. The lowest BCUT2D eigenvalue weighted by Gasteiger charge is -2.38. The maximum absolute atomic E-state index is 9.68. The van der Waals surface area contributed by atoms with Crippen LogP contribution in [0.5, 0.6) is 5.75 Å². The van der Waals surface area contributed by atoms with Gasteiger partial charge in [-0.1, -0.05) is 57.4 Å². The largest absolute Gasteiger partial charge is 0.497 e. The van der Waals surface area contributed by atoms with E-state index in [4.69, 9.17) is 13.9 Å². The van der Waals surface area contributed by atoms with Gasteiger partial charge in [0, 0.05) is 6.61 Å². The van der Waals surface area contributed by atoms with Crippen molar-refractivity contribution in [3.05, 3.63) is 42.5 Å². The van der Waals surface area contributed by atoms with Crippen molar-refractivity contribution >= 4 is 8.32 Å². The first-order valence-corrected chi connectivity index (χ1v) is 13.2. The molecule has 0 heterocycles. The van der Waals surface area contributed by atoms with Crippen molar-refractivity contribution in [3.63, 3.8) is 0 Å². The van der Waals surface area contributed by atoms with Gasteiger partial charge in [-0.05, 0) is 55.1 Å². The van der Waals surface area contributed by atoms with Crippen LogP contribution in [0.4, 0.5) is 0 Å². The summed E-state index contributed by atoms with van der Waals surface area (Å²) < 4.78 is 17.4. The van der Waals surface area contributed by atoms with E-state index in [1.807, 2.05) is 24.3 Å². The van der Waals surface area contributed by atoms with Crippen molar-refractivity contribution < 1.29 is 19.0 Å². The normalized spacial score (nSPS) is 13.9. The maximum atomic E-state index is 9.68. The molecule has 1 unspecified atom stereocenters. The van der Waals surface area contributed by atoms with Gasteiger partial charge in [-0.2, -0.15) is 0 Å². The smallest absolute Gasteiger partial charge is 0.193 e. The van der Waals surface area contributed by atoms with E-state index in [1.54, 1.807) is 7.11 Å². The number of rotatable bonds is 11. The molecular formula is C24H38O4Si. The first-order valence-electron chi connectivity index (χ1n) is 10.3. The Hall–Kier alpha value is -1.58. The van der Waals surface area contributed by atoms with Gasteiger partial charge in [-0.3, -0.25) is 0 Å². The second-order valence-corrected chi connectivity index (χ2v) is 13.5. The number of unbranched alkanes of at least 4 members (excludes halogenated alkanes) is 1. The van der Waals surface area contributed by atoms with E-state index in [1.165, 1.54) is 6.08 Å². The van der Waals surface area contributed by atoms with E-state index < -0.39 is 14.4 Å². The third-order valence-corrected chi connectivity index (χ3v) is 9.78. The average molecular weight is 419 g/mol. The topological polar surface area (TPSA) is 47.9 Å². The van der Waals surface area contributed by atoms with E-state index in [2.05, 4.69) is 52.3 Å². The molecular weight excluding hydrogens is 380 g/mol. The summed E-state index contributed by atoms with van der Waals surface area (Å²) in [5, 5.41) is 9.80. The highest BCUT2D eigenvalue weighted by atomic mass is 28.4. The number of ether oxygens (including phenoxy) is 2. The Morgan fingerprint density at radius 3 is 2.34 bits per heavy atom. The van der Waals surface area contributed by atoms with Crippen molar-refractivity contribution in [1.29, 1.82) is 0 Å². The molecule has 0 saturated carbocycles.